The van der Waals surface area contributed by atoms with Crippen LogP contribution >= 0.6 is 0 Å². The van der Waals surface area contributed by atoms with Gasteiger partial charge in [-0.2, -0.15) is 0 Å². The van der Waals surface area contributed by atoms with Crippen LogP contribution in [0.15, 0.2) is 12.2 Å². The molecule has 1 aliphatic heterocycles. The molecule has 0 N–H and O–H groups in total. The van der Waals surface area contributed by atoms with Crippen LogP contribution in [0.4, 0.5) is 0 Å². The van der Waals surface area contributed by atoms with Gasteiger partial charge in [0.1, 0.15) is 13.2 Å². The summed E-state index contributed by atoms with van der Waals surface area (Å²) in [5, 5.41) is 0. The molecule has 0 bridgehead atoms. The Labute approximate surface area is 92.2 Å². The van der Waals surface area contributed by atoms with Crippen LogP contribution in [-0.2, 0) is 28.6 Å². The van der Waals surface area contributed by atoms with Crippen molar-refractivity contribution in [1.82, 2.24) is 0 Å². The molecule has 0 amide bonds. The summed E-state index contributed by atoms with van der Waals surface area (Å²) in [6.45, 7) is 4.80. The van der Waals surface area contributed by atoms with Gasteiger partial charge in [-0.1, -0.05) is 6.58 Å². The number of rotatable bonds is 5. The Morgan fingerprint density at radius 3 is 2.50 bits per heavy atom. The summed E-state index contributed by atoms with van der Waals surface area (Å²) >= 11 is 0. The van der Waals surface area contributed by atoms with Crippen LogP contribution in [0, 0.1) is 0 Å². The predicted molar refractivity (Wildman–Crippen MR) is 51.2 cm³/mol. The minimum Gasteiger partial charge on any atom is -0.459 e. The van der Waals surface area contributed by atoms with E-state index in [0.29, 0.717) is 0 Å². The van der Waals surface area contributed by atoms with Crippen molar-refractivity contribution in [2.45, 2.75) is 19.4 Å². The number of hydrogen-bond donors (Lipinski definition) is 0. The molecule has 1 atom stereocenters. The Morgan fingerprint density at radius 1 is 1.44 bits per heavy atom. The zero-order valence-corrected chi connectivity index (χ0v) is 8.86. The molecule has 0 aromatic rings. The van der Waals surface area contributed by atoms with Gasteiger partial charge in [-0.05, 0) is 6.92 Å². The Bertz CT molecular complexity index is 324. The zero-order chi connectivity index (χ0) is 12.1. The molecule has 0 spiro atoms. The first-order valence-electron chi connectivity index (χ1n) is 4.69. The van der Waals surface area contributed by atoms with Crippen molar-refractivity contribution in [3.63, 3.8) is 0 Å². The van der Waals surface area contributed by atoms with Crippen molar-refractivity contribution < 1.29 is 28.6 Å². The van der Waals surface area contributed by atoms with Gasteiger partial charge in [0.15, 0.2) is 0 Å². The Hall–Kier alpha value is -1.85. The van der Waals surface area contributed by atoms with Gasteiger partial charge >= 0.3 is 17.9 Å². The van der Waals surface area contributed by atoms with Crippen LogP contribution in [0.3, 0.4) is 0 Å². The number of carbonyl (C=O) groups excluding carboxylic acids is 3. The lowest BCUT2D eigenvalue weighted by molar-refractivity contribution is -0.186. The van der Waals surface area contributed by atoms with E-state index in [0.717, 1.165) is 0 Å². The summed E-state index contributed by atoms with van der Waals surface area (Å²) < 4.78 is 13.9. The Balaban J connectivity index is 2.07. The van der Waals surface area contributed by atoms with Crippen molar-refractivity contribution in [3.05, 3.63) is 12.2 Å². The number of ether oxygens (including phenoxy) is 3. The number of esters is 3. The number of cyclic esters (lactones) is 1. The SMILES string of the molecule is C=C(C)C(=O)OCCOC(=O)[C@H]1CC(=O)O1. The highest BCUT2D eigenvalue weighted by Crippen LogP contribution is 2.14. The van der Waals surface area contributed by atoms with Gasteiger partial charge in [0, 0.05) is 5.57 Å². The third-order valence-electron chi connectivity index (χ3n) is 1.80. The fourth-order valence-corrected chi connectivity index (χ4v) is 0.925. The second kappa shape index (κ2) is 5.29. The van der Waals surface area contributed by atoms with Gasteiger partial charge in [0.05, 0.1) is 6.42 Å². The zero-order valence-electron chi connectivity index (χ0n) is 8.86. The first-order valence-corrected chi connectivity index (χ1v) is 4.69. The molecule has 0 aliphatic carbocycles. The topological polar surface area (TPSA) is 78.9 Å². The van der Waals surface area contributed by atoms with Gasteiger partial charge < -0.3 is 14.2 Å². The van der Waals surface area contributed by atoms with Crippen LogP contribution in [0.5, 0.6) is 0 Å². The smallest absolute Gasteiger partial charge is 0.348 e. The minimum absolute atomic E-state index is 0.0436. The molecule has 0 aromatic carbocycles. The largest absolute Gasteiger partial charge is 0.459 e. The monoisotopic (exact) mass is 228 g/mol. The van der Waals surface area contributed by atoms with E-state index >= 15 is 0 Å². The summed E-state index contributed by atoms with van der Waals surface area (Å²) in [6, 6.07) is 0. The van der Waals surface area contributed by atoms with E-state index in [-0.39, 0.29) is 25.2 Å². The molecular weight excluding hydrogens is 216 g/mol. The van der Waals surface area contributed by atoms with Crippen molar-refractivity contribution in [2.75, 3.05) is 13.2 Å². The Kier molecular flexibility index (Phi) is 4.04. The maximum atomic E-state index is 11.1. The molecular formula is C10H12O6. The lowest BCUT2D eigenvalue weighted by atomic mass is 10.2. The standard InChI is InChI=1S/C10H12O6/c1-6(2)9(12)14-3-4-15-10(13)7-5-8(11)16-7/h7H,1,3-5H2,2H3/t7-/m1/s1. The van der Waals surface area contributed by atoms with Crippen LogP contribution in [-0.4, -0.2) is 37.2 Å². The van der Waals surface area contributed by atoms with Gasteiger partial charge in [0.2, 0.25) is 6.10 Å². The second-order valence-corrected chi connectivity index (χ2v) is 3.27. The molecule has 1 heterocycles. The highest BCUT2D eigenvalue weighted by atomic mass is 16.6. The summed E-state index contributed by atoms with van der Waals surface area (Å²) in [7, 11) is 0. The third-order valence-corrected chi connectivity index (χ3v) is 1.80. The van der Waals surface area contributed by atoms with E-state index in [1.54, 1.807) is 0 Å². The molecule has 6 heteroatoms. The molecule has 0 radical (unpaired) electrons. The van der Waals surface area contributed by atoms with Crippen molar-refractivity contribution in [1.29, 1.82) is 0 Å². The van der Waals surface area contributed by atoms with E-state index < -0.39 is 24.0 Å². The van der Waals surface area contributed by atoms with Gasteiger partial charge in [0.25, 0.3) is 0 Å². The number of carbonyl (C=O) groups is 3. The highest BCUT2D eigenvalue weighted by molar-refractivity contribution is 5.89. The average molecular weight is 228 g/mol. The maximum Gasteiger partial charge on any atom is 0.348 e. The molecule has 1 rings (SSSR count). The lowest BCUT2D eigenvalue weighted by Crippen LogP contribution is -2.40. The van der Waals surface area contributed by atoms with E-state index in [9.17, 15) is 14.4 Å². The van der Waals surface area contributed by atoms with Crippen LogP contribution in [0.2, 0.25) is 0 Å². The van der Waals surface area contributed by atoms with Crippen molar-refractivity contribution in [3.8, 4) is 0 Å². The van der Waals surface area contributed by atoms with Crippen LogP contribution in [0.1, 0.15) is 13.3 Å². The predicted octanol–water partition coefficient (Wildman–Crippen LogP) is -0.0356. The summed E-state index contributed by atoms with van der Waals surface area (Å²) in [5.41, 5.74) is 0.277. The summed E-state index contributed by atoms with van der Waals surface area (Å²) in [5.74, 6) is -1.58. The van der Waals surface area contributed by atoms with Gasteiger partial charge in [-0.3, -0.25) is 4.79 Å². The third kappa shape index (κ3) is 3.38. The maximum absolute atomic E-state index is 11.1. The summed E-state index contributed by atoms with van der Waals surface area (Å²) in [6.07, 6.45) is -0.756. The molecule has 1 aliphatic rings. The fourth-order valence-electron chi connectivity index (χ4n) is 0.925. The van der Waals surface area contributed by atoms with Gasteiger partial charge in [-0.15, -0.1) is 0 Å². The lowest BCUT2D eigenvalue weighted by Gasteiger charge is -2.23. The van der Waals surface area contributed by atoms with Crippen molar-refractivity contribution in [2.24, 2.45) is 0 Å². The molecule has 1 fully saturated rings. The van der Waals surface area contributed by atoms with E-state index in [1.807, 2.05) is 0 Å². The molecule has 0 aromatic heterocycles. The van der Waals surface area contributed by atoms with E-state index in [4.69, 9.17) is 4.74 Å². The minimum atomic E-state index is -0.802. The van der Waals surface area contributed by atoms with E-state index in [2.05, 4.69) is 16.1 Å². The van der Waals surface area contributed by atoms with Crippen molar-refractivity contribution >= 4 is 17.9 Å². The molecule has 88 valence electrons. The molecule has 1 saturated heterocycles. The highest BCUT2D eigenvalue weighted by Gasteiger charge is 2.36. The average Bonchev–Trinajstić information content (AvgIpc) is 2.18. The Morgan fingerprint density at radius 2 is 2.00 bits per heavy atom. The van der Waals surface area contributed by atoms with E-state index in [1.165, 1.54) is 6.92 Å². The van der Waals surface area contributed by atoms with Crippen LogP contribution in [0.25, 0.3) is 0 Å². The first kappa shape index (κ1) is 12.2. The first-order chi connectivity index (χ1) is 7.50. The molecule has 0 saturated carbocycles. The normalized spacial score (nSPS) is 18.1. The van der Waals surface area contributed by atoms with Crippen LogP contribution < -0.4 is 0 Å². The second-order valence-electron chi connectivity index (χ2n) is 3.27. The summed E-state index contributed by atoms with van der Waals surface area (Å²) in [4.78, 5) is 32.4. The molecule has 6 nitrogen and oxygen atoms in total. The quantitative estimate of drug-likeness (QED) is 0.284. The number of hydrogen-bond acceptors (Lipinski definition) is 6. The molecule has 0 unspecified atom stereocenters. The molecule has 16 heavy (non-hydrogen) atoms. The fraction of sp³-hybridized carbons (Fsp3) is 0.500. The van der Waals surface area contributed by atoms with Gasteiger partial charge in [-0.25, -0.2) is 9.59 Å².